The summed E-state index contributed by atoms with van der Waals surface area (Å²) in [5, 5.41) is 3.58. The van der Waals surface area contributed by atoms with Gasteiger partial charge in [0.1, 0.15) is 0 Å². The van der Waals surface area contributed by atoms with Crippen LogP contribution in [0.5, 0.6) is 0 Å². The van der Waals surface area contributed by atoms with E-state index in [1.807, 2.05) is 0 Å². The maximum absolute atomic E-state index is 5.47. The molecular formula is C12H20N2. The summed E-state index contributed by atoms with van der Waals surface area (Å²) < 4.78 is 0. The molecule has 14 heavy (non-hydrogen) atoms. The van der Waals surface area contributed by atoms with Crippen LogP contribution in [0.3, 0.4) is 0 Å². The topological polar surface area (TPSA) is 38.0 Å². The smallest absolute Gasteiger partial charge is 0.0145 e. The summed E-state index contributed by atoms with van der Waals surface area (Å²) >= 11 is 0. The first-order chi connectivity index (χ1) is 6.90. The van der Waals surface area contributed by atoms with Crippen molar-refractivity contribution in [1.29, 1.82) is 0 Å². The normalized spacial score (nSPS) is 25.6. The molecule has 78 valence electrons. The Labute approximate surface area is 86.3 Å². The van der Waals surface area contributed by atoms with E-state index in [1.54, 1.807) is 11.1 Å². The van der Waals surface area contributed by atoms with Gasteiger partial charge in [-0.25, -0.2) is 0 Å². The van der Waals surface area contributed by atoms with Crippen molar-refractivity contribution in [2.24, 2.45) is 5.73 Å². The molecule has 0 saturated carbocycles. The maximum Gasteiger partial charge on any atom is 0.0145 e. The highest BCUT2D eigenvalue weighted by atomic mass is 14.9. The highest BCUT2D eigenvalue weighted by molar-refractivity contribution is 5.35. The van der Waals surface area contributed by atoms with Crippen molar-refractivity contribution in [3.8, 4) is 0 Å². The van der Waals surface area contributed by atoms with Crippen LogP contribution in [0.25, 0.3) is 0 Å². The molecule has 0 radical (unpaired) electrons. The molecule has 0 fully saturated rings. The van der Waals surface area contributed by atoms with Gasteiger partial charge in [0.2, 0.25) is 0 Å². The molecule has 0 heterocycles. The van der Waals surface area contributed by atoms with Crippen molar-refractivity contribution in [1.82, 2.24) is 5.32 Å². The van der Waals surface area contributed by atoms with Crippen molar-refractivity contribution >= 4 is 0 Å². The van der Waals surface area contributed by atoms with Gasteiger partial charge in [0.25, 0.3) is 0 Å². The molecule has 3 N–H and O–H groups in total. The number of hydrogen-bond acceptors (Lipinski definition) is 2. The van der Waals surface area contributed by atoms with Crippen molar-refractivity contribution < 1.29 is 0 Å². The van der Waals surface area contributed by atoms with Crippen LogP contribution < -0.4 is 11.1 Å². The largest absolute Gasteiger partial charge is 0.330 e. The van der Waals surface area contributed by atoms with Crippen LogP contribution in [0.2, 0.25) is 0 Å². The van der Waals surface area contributed by atoms with Crippen LogP contribution in [0.1, 0.15) is 32.1 Å². The Bertz CT molecular complexity index is 253. The number of hydrogen-bond donors (Lipinski definition) is 2. The quantitative estimate of drug-likeness (QED) is 0.666. The Balaban J connectivity index is 1.77. The lowest BCUT2D eigenvalue weighted by Crippen LogP contribution is -2.29. The minimum atomic E-state index is 0.689. The standard InChI is InChI=1S/C12H20N2/c13-6-3-7-14-12-8-10-4-1-2-5-11(10)9-12/h1,4,12,14H,2-3,5-9,13H2. The van der Waals surface area contributed by atoms with E-state index < -0.39 is 0 Å². The summed E-state index contributed by atoms with van der Waals surface area (Å²) in [4.78, 5) is 0. The zero-order chi connectivity index (χ0) is 9.80. The van der Waals surface area contributed by atoms with Gasteiger partial charge in [0.15, 0.2) is 0 Å². The first kappa shape index (κ1) is 9.94. The molecule has 2 heteroatoms. The molecule has 0 amide bonds. The molecule has 1 atom stereocenters. The summed E-state index contributed by atoms with van der Waals surface area (Å²) in [5.74, 6) is 0. The van der Waals surface area contributed by atoms with Crippen LogP contribution in [0.4, 0.5) is 0 Å². The van der Waals surface area contributed by atoms with Crippen LogP contribution in [0.15, 0.2) is 23.3 Å². The van der Waals surface area contributed by atoms with E-state index in [4.69, 9.17) is 5.73 Å². The third-order valence-electron chi connectivity index (χ3n) is 3.16. The van der Waals surface area contributed by atoms with Gasteiger partial charge in [0.05, 0.1) is 0 Å². The fraction of sp³-hybridized carbons (Fsp3) is 0.667. The molecule has 0 aromatic rings. The molecule has 2 aliphatic carbocycles. The average Bonchev–Trinajstić information content (AvgIpc) is 2.60. The van der Waals surface area contributed by atoms with Gasteiger partial charge in [0, 0.05) is 6.04 Å². The second-order valence-corrected chi connectivity index (χ2v) is 4.27. The summed E-state index contributed by atoms with van der Waals surface area (Å²) in [5.41, 5.74) is 8.76. The van der Waals surface area contributed by atoms with Gasteiger partial charge in [-0.05, 0) is 50.8 Å². The van der Waals surface area contributed by atoms with Gasteiger partial charge in [-0.2, -0.15) is 0 Å². The van der Waals surface area contributed by atoms with Crippen LogP contribution in [-0.4, -0.2) is 19.1 Å². The third-order valence-corrected chi connectivity index (χ3v) is 3.16. The summed E-state index contributed by atoms with van der Waals surface area (Å²) in [6.45, 7) is 1.87. The lowest BCUT2D eigenvalue weighted by molar-refractivity contribution is 0.521. The molecule has 2 rings (SSSR count). The summed E-state index contributed by atoms with van der Waals surface area (Å²) in [7, 11) is 0. The van der Waals surface area contributed by atoms with Crippen LogP contribution >= 0.6 is 0 Å². The minimum absolute atomic E-state index is 0.689. The van der Waals surface area contributed by atoms with Crippen molar-refractivity contribution in [2.45, 2.75) is 38.1 Å². The highest BCUT2D eigenvalue weighted by Gasteiger charge is 2.22. The Hall–Kier alpha value is -0.600. The van der Waals surface area contributed by atoms with Gasteiger partial charge >= 0.3 is 0 Å². The maximum atomic E-state index is 5.47. The van der Waals surface area contributed by atoms with E-state index in [-0.39, 0.29) is 0 Å². The summed E-state index contributed by atoms with van der Waals surface area (Å²) in [6.07, 6.45) is 10.8. The van der Waals surface area contributed by atoms with Crippen LogP contribution in [0, 0.1) is 0 Å². The molecule has 0 aliphatic heterocycles. The Morgan fingerprint density at radius 1 is 1.43 bits per heavy atom. The van der Waals surface area contributed by atoms with Crippen molar-refractivity contribution in [3.05, 3.63) is 23.3 Å². The fourth-order valence-corrected chi connectivity index (χ4v) is 2.39. The molecule has 0 bridgehead atoms. The predicted molar refractivity (Wildman–Crippen MR) is 60.1 cm³/mol. The van der Waals surface area contributed by atoms with Gasteiger partial charge in [-0.15, -0.1) is 0 Å². The molecule has 0 aromatic heterocycles. The molecule has 1 unspecified atom stereocenters. The Morgan fingerprint density at radius 2 is 2.36 bits per heavy atom. The van der Waals surface area contributed by atoms with Crippen molar-refractivity contribution in [3.63, 3.8) is 0 Å². The second kappa shape index (κ2) is 4.76. The zero-order valence-corrected chi connectivity index (χ0v) is 8.76. The van der Waals surface area contributed by atoms with E-state index >= 15 is 0 Å². The Morgan fingerprint density at radius 3 is 3.14 bits per heavy atom. The first-order valence-corrected chi connectivity index (χ1v) is 5.71. The highest BCUT2D eigenvalue weighted by Crippen LogP contribution is 2.33. The van der Waals surface area contributed by atoms with E-state index in [2.05, 4.69) is 17.5 Å². The third kappa shape index (κ3) is 2.25. The molecular weight excluding hydrogens is 172 g/mol. The monoisotopic (exact) mass is 192 g/mol. The predicted octanol–water partition coefficient (Wildman–Crippen LogP) is 1.73. The molecule has 2 nitrogen and oxygen atoms in total. The van der Waals surface area contributed by atoms with Gasteiger partial charge < -0.3 is 11.1 Å². The van der Waals surface area contributed by atoms with Crippen LogP contribution in [-0.2, 0) is 0 Å². The van der Waals surface area contributed by atoms with E-state index in [0.717, 1.165) is 19.5 Å². The Kier molecular flexibility index (Phi) is 3.38. The van der Waals surface area contributed by atoms with Crippen molar-refractivity contribution in [2.75, 3.05) is 13.1 Å². The summed E-state index contributed by atoms with van der Waals surface area (Å²) in [6, 6.07) is 0.689. The number of nitrogens with one attached hydrogen (secondary N) is 1. The SMILES string of the molecule is NCCCNC1CC2=C(CCC=C2)C1. The lowest BCUT2D eigenvalue weighted by Gasteiger charge is -2.11. The number of allylic oxidation sites excluding steroid dienone is 2. The first-order valence-electron chi connectivity index (χ1n) is 5.71. The molecule has 0 aromatic carbocycles. The molecule has 0 saturated heterocycles. The van der Waals surface area contributed by atoms with E-state index in [9.17, 15) is 0 Å². The van der Waals surface area contributed by atoms with E-state index in [0.29, 0.717) is 6.04 Å². The lowest BCUT2D eigenvalue weighted by atomic mass is 10.0. The molecule has 0 spiro atoms. The van der Waals surface area contributed by atoms with E-state index in [1.165, 1.54) is 25.7 Å². The fourth-order valence-electron chi connectivity index (χ4n) is 2.39. The minimum Gasteiger partial charge on any atom is -0.330 e. The second-order valence-electron chi connectivity index (χ2n) is 4.27. The average molecular weight is 192 g/mol. The molecule has 2 aliphatic rings. The zero-order valence-electron chi connectivity index (χ0n) is 8.76. The van der Waals surface area contributed by atoms with Gasteiger partial charge in [-0.1, -0.05) is 17.7 Å². The number of nitrogens with two attached hydrogens (primary N) is 1. The van der Waals surface area contributed by atoms with Gasteiger partial charge in [-0.3, -0.25) is 0 Å². The number of rotatable bonds is 4.